The fraction of sp³-hybridized carbons (Fsp3) is 0.444. The van der Waals surface area contributed by atoms with Crippen molar-refractivity contribution in [3.8, 4) is 0 Å². The molecule has 0 unspecified atom stereocenters. The summed E-state index contributed by atoms with van der Waals surface area (Å²) in [5.41, 5.74) is 5.85. The quantitative estimate of drug-likeness (QED) is 0.789. The van der Waals surface area contributed by atoms with Crippen LogP contribution in [0.2, 0.25) is 0 Å². The molecule has 0 saturated carbocycles. The van der Waals surface area contributed by atoms with Crippen molar-refractivity contribution in [2.45, 2.75) is 12.8 Å². The molecule has 0 aliphatic rings. The van der Waals surface area contributed by atoms with Crippen molar-refractivity contribution < 1.29 is 9.21 Å². The minimum absolute atomic E-state index is 0.123. The van der Waals surface area contributed by atoms with E-state index in [0.29, 0.717) is 23.3 Å². The van der Waals surface area contributed by atoms with Gasteiger partial charge in [-0.15, -0.1) is 0 Å². The summed E-state index contributed by atoms with van der Waals surface area (Å²) >= 11 is 3.14. The van der Waals surface area contributed by atoms with Gasteiger partial charge in [0.2, 0.25) is 0 Å². The van der Waals surface area contributed by atoms with Crippen LogP contribution in [0, 0.1) is 0 Å². The van der Waals surface area contributed by atoms with E-state index in [-0.39, 0.29) is 5.91 Å². The van der Waals surface area contributed by atoms with Crippen LogP contribution < -0.4 is 11.1 Å². The number of hydrogen-bond donors (Lipinski definition) is 2. The summed E-state index contributed by atoms with van der Waals surface area (Å²) in [7, 11) is 0. The van der Waals surface area contributed by atoms with E-state index >= 15 is 0 Å². The molecular formula is C9H13BrN2O2. The highest BCUT2D eigenvalue weighted by molar-refractivity contribution is 9.10. The number of hydrogen-bond acceptors (Lipinski definition) is 3. The van der Waals surface area contributed by atoms with Crippen molar-refractivity contribution in [2.24, 2.45) is 5.73 Å². The number of rotatable bonds is 5. The highest BCUT2D eigenvalue weighted by Gasteiger charge is 2.11. The molecule has 0 spiro atoms. The van der Waals surface area contributed by atoms with Gasteiger partial charge >= 0.3 is 0 Å². The van der Waals surface area contributed by atoms with Gasteiger partial charge in [-0.25, -0.2) is 0 Å². The van der Waals surface area contributed by atoms with Gasteiger partial charge in [-0.2, -0.15) is 0 Å². The van der Waals surface area contributed by atoms with E-state index in [4.69, 9.17) is 10.2 Å². The number of furan rings is 1. The highest BCUT2D eigenvalue weighted by atomic mass is 79.9. The maximum atomic E-state index is 11.5. The first kappa shape index (κ1) is 11.3. The minimum atomic E-state index is -0.123. The van der Waals surface area contributed by atoms with Gasteiger partial charge < -0.3 is 15.5 Å². The summed E-state index contributed by atoms with van der Waals surface area (Å²) in [6.07, 6.45) is 3.30. The minimum Gasteiger partial charge on any atom is -0.457 e. The Kier molecular flexibility index (Phi) is 4.69. The zero-order valence-electron chi connectivity index (χ0n) is 7.75. The molecule has 5 heteroatoms. The van der Waals surface area contributed by atoms with Crippen LogP contribution in [0.4, 0.5) is 0 Å². The molecule has 1 rings (SSSR count). The monoisotopic (exact) mass is 260 g/mol. The third-order valence-electron chi connectivity index (χ3n) is 1.78. The van der Waals surface area contributed by atoms with Crippen molar-refractivity contribution in [3.63, 3.8) is 0 Å². The molecule has 0 aliphatic carbocycles. The van der Waals surface area contributed by atoms with Crippen LogP contribution in [-0.2, 0) is 0 Å². The molecule has 1 aromatic heterocycles. The number of nitrogens with one attached hydrogen (secondary N) is 1. The molecule has 0 bridgehead atoms. The first-order valence-corrected chi connectivity index (χ1v) is 5.26. The van der Waals surface area contributed by atoms with Crippen molar-refractivity contribution in [3.05, 3.63) is 22.6 Å². The summed E-state index contributed by atoms with van der Waals surface area (Å²) in [5, 5.41) is 2.78. The summed E-state index contributed by atoms with van der Waals surface area (Å²) in [6, 6.07) is 1.63. The van der Waals surface area contributed by atoms with Crippen LogP contribution >= 0.6 is 15.9 Å². The molecule has 0 saturated heterocycles. The molecule has 0 atom stereocenters. The lowest BCUT2D eigenvalue weighted by atomic mass is 10.3. The van der Waals surface area contributed by atoms with Gasteiger partial charge in [0.25, 0.3) is 5.91 Å². The molecule has 14 heavy (non-hydrogen) atoms. The zero-order valence-corrected chi connectivity index (χ0v) is 9.34. The van der Waals surface area contributed by atoms with Gasteiger partial charge in [-0.3, -0.25) is 4.79 Å². The first-order valence-electron chi connectivity index (χ1n) is 4.47. The Bertz CT molecular complexity index is 299. The van der Waals surface area contributed by atoms with Gasteiger partial charge in [0.15, 0.2) is 4.67 Å². The summed E-state index contributed by atoms with van der Waals surface area (Å²) in [6.45, 7) is 1.30. The molecule has 4 nitrogen and oxygen atoms in total. The van der Waals surface area contributed by atoms with E-state index < -0.39 is 0 Å². The number of carbonyl (C=O) groups excluding carboxylic acids is 1. The Morgan fingerprint density at radius 1 is 1.57 bits per heavy atom. The normalized spacial score (nSPS) is 10.1. The lowest BCUT2D eigenvalue weighted by Crippen LogP contribution is -2.24. The second-order valence-electron chi connectivity index (χ2n) is 2.86. The van der Waals surface area contributed by atoms with Gasteiger partial charge in [0.1, 0.15) is 0 Å². The maximum Gasteiger partial charge on any atom is 0.255 e. The van der Waals surface area contributed by atoms with Crippen molar-refractivity contribution in [1.82, 2.24) is 5.32 Å². The summed E-state index contributed by atoms with van der Waals surface area (Å²) in [5.74, 6) is -0.123. The average molecular weight is 261 g/mol. The summed E-state index contributed by atoms with van der Waals surface area (Å²) < 4.78 is 5.42. The highest BCUT2D eigenvalue weighted by Crippen LogP contribution is 2.16. The number of amides is 1. The van der Waals surface area contributed by atoms with Crippen LogP contribution in [0.1, 0.15) is 23.2 Å². The predicted molar refractivity (Wildman–Crippen MR) is 57.0 cm³/mol. The Balaban J connectivity index is 2.32. The van der Waals surface area contributed by atoms with Crippen molar-refractivity contribution in [2.75, 3.05) is 13.1 Å². The molecule has 1 heterocycles. The second-order valence-corrected chi connectivity index (χ2v) is 3.58. The largest absolute Gasteiger partial charge is 0.457 e. The van der Waals surface area contributed by atoms with Crippen LogP contribution in [0.25, 0.3) is 0 Å². The van der Waals surface area contributed by atoms with Crippen molar-refractivity contribution >= 4 is 21.8 Å². The molecule has 0 fully saturated rings. The summed E-state index contributed by atoms with van der Waals surface area (Å²) in [4.78, 5) is 11.5. The number of carbonyl (C=O) groups is 1. The average Bonchev–Trinajstić information content (AvgIpc) is 2.59. The topological polar surface area (TPSA) is 68.3 Å². The molecule has 1 aromatic rings. The van der Waals surface area contributed by atoms with E-state index in [1.54, 1.807) is 6.07 Å². The predicted octanol–water partition coefficient (Wildman–Crippen LogP) is 1.51. The van der Waals surface area contributed by atoms with E-state index in [2.05, 4.69) is 21.2 Å². The van der Waals surface area contributed by atoms with Gasteiger partial charge in [-0.1, -0.05) is 0 Å². The van der Waals surface area contributed by atoms with E-state index in [0.717, 1.165) is 12.8 Å². The number of unbranched alkanes of at least 4 members (excludes halogenated alkanes) is 1. The fourth-order valence-corrected chi connectivity index (χ4v) is 1.44. The van der Waals surface area contributed by atoms with E-state index in [1.165, 1.54) is 6.26 Å². The third kappa shape index (κ3) is 3.16. The smallest absolute Gasteiger partial charge is 0.255 e. The molecule has 3 N–H and O–H groups in total. The van der Waals surface area contributed by atoms with Crippen LogP contribution in [-0.4, -0.2) is 19.0 Å². The standard InChI is InChI=1S/C9H13BrN2O2/c10-8-7(3-6-14-8)9(13)12-5-2-1-4-11/h3,6H,1-2,4-5,11H2,(H,12,13). The second kappa shape index (κ2) is 5.82. The Morgan fingerprint density at radius 3 is 2.93 bits per heavy atom. The maximum absolute atomic E-state index is 11.5. The lowest BCUT2D eigenvalue weighted by Gasteiger charge is -2.02. The number of halogens is 1. The van der Waals surface area contributed by atoms with Crippen molar-refractivity contribution in [1.29, 1.82) is 0 Å². The Hall–Kier alpha value is -0.810. The van der Waals surface area contributed by atoms with Gasteiger partial charge in [0.05, 0.1) is 11.8 Å². The molecule has 1 amide bonds. The fourth-order valence-electron chi connectivity index (χ4n) is 1.02. The van der Waals surface area contributed by atoms with Crippen LogP contribution in [0.15, 0.2) is 21.4 Å². The van der Waals surface area contributed by atoms with E-state index in [1.807, 2.05) is 0 Å². The molecule has 0 aromatic carbocycles. The molecule has 0 aliphatic heterocycles. The zero-order chi connectivity index (χ0) is 10.4. The SMILES string of the molecule is NCCCCNC(=O)c1ccoc1Br. The molecular weight excluding hydrogens is 248 g/mol. The molecule has 0 radical (unpaired) electrons. The third-order valence-corrected chi connectivity index (χ3v) is 2.39. The first-order chi connectivity index (χ1) is 6.75. The Labute approximate surface area is 91.0 Å². The van der Waals surface area contributed by atoms with Gasteiger partial charge in [-0.05, 0) is 41.4 Å². The number of nitrogens with two attached hydrogens (primary N) is 1. The lowest BCUT2D eigenvalue weighted by molar-refractivity contribution is 0.0951. The van der Waals surface area contributed by atoms with Crippen LogP contribution in [0.3, 0.4) is 0 Å². The van der Waals surface area contributed by atoms with Crippen LogP contribution in [0.5, 0.6) is 0 Å². The van der Waals surface area contributed by atoms with E-state index in [9.17, 15) is 4.79 Å². The molecule has 78 valence electrons. The van der Waals surface area contributed by atoms with Gasteiger partial charge in [0, 0.05) is 6.54 Å². The Morgan fingerprint density at radius 2 is 2.36 bits per heavy atom.